The van der Waals surface area contributed by atoms with Crippen LogP contribution in [0.15, 0.2) is 73.1 Å². The summed E-state index contributed by atoms with van der Waals surface area (Å²) in [5.74, 6) is -0.342. The van der Waals surface area contributed by atoms with Gasteiger partial charge in [-0.25, -0.2) is 4.79 Å². The number of carbonyl (C=O) groups excluding carboxylic acids is 1. The van der Waals surface area contributed by atoms with Gasteiger partial charge in [0.25, 0.3) is 0 Å². The summed E-state index contributed by atoms with van der Waals surface area (Å²) in [6, 6.07) is 18.7. The summed E-state index contributed by atoms with van der Waals surface area (Å²) in [5.41, 5.74) is 3.38. The third-order valence-electron chi connectivity index (χ3n) is 4.29. The molecule has 0 aliphatic rings. The van der Waals surface area contributed by atoms with Gasteiger partial charge in [0.15, 0.2) is 5.11 Å². The van der Waals surface area contributed by atoms with Crippen molar-refractivity contribution in [3.63, 3.8) is 0 Å². The predicted octanol–water partition coefficient (Wildman–Crippen LogP) is 5.31. The van der Waals surface area contributed by atoms with Crippen LogP contribution in [0, 0.1) is 0 Å². The summed E-state index contributed by atoms with van der Waals surface area (Å²) < 4.78 is 5.02. The Morgan fingerprint density at radius 3 is 2.50 bits per heavy atom. The Morgan fingerprint density at radius 2 is 1.83 bits per heavy atom. The maximum absolute atomic E-state index is 11.8. The van der Waals surface area contributed by atoms with E-state index in [2.05, 4.69) is 10.3 Å². The number of hydrogen-bond donors (Lipinski definition) is 1. The van der Waals surface area contributed by atoms with Crippen LogP contribution in [0.4, 0.5) is 5.69 Å². The standard InChI is InChI=1S/C23H22ClN3O2S/c1-2-29-22(28)19-8-10-21(11-9-19)26-23(30)27(16-18-6-4-12-25-14-18)15-17-5-3-7-20(24)13-17/h3-14H,2,15-16H2,1H3,(H,26,30). The maximum atomic E-state index is 11.8. The van der Waals surface area contributed by atoms with Crippen LogP contribution in [-0.2, 0) is 17.8 Å². The molecule has 0 amide bonds. The molecule has 1 aromatic heterocycles. The quantitative estimate of drug-likeness (QED) is 0.397. The molecule has 7 heteroatoms. The van der Waals surface area contributed by atoms with E-state index in [4.69, 9.17) is 28.6 Å². The molecule has 1 heterocycles. The Kier molecular flexibility index (Phi) is 7.76. The number of benzene rings is 2. The molecular weight excluding hydrogens is 418 g/mol. The van der Waals surface area contributed by atoms with Crippen molar-refractivity contribution >= 4 is 40.6 Å². The fourth-order valence-corrected chi connectivity index (χ4v) is 3.33. The highest BCUT2D eigenvalue weighted by Gasteiger charge is 2.13. The smallest absolute Gasteiger partial charge is 0.338 e. The Hall–Kier alpha value is -2.96. The largest absolute Gasteiger partial charge is 0.462 e. The molecule has 0 aliphatic carbocycles. The lowest BCUT2D eigenvalue weighted by molar-refractivity contribution is 0.0526. The SMILES string of the molecule is CCOC(=O)c1ccc(NC(=S)N(Cc2cccnc2)Cc2cccc(Cl)c2)cc1. The van der Waals surface area contributed by atoms with Gasteiger partial charge in [0, 0.05) is 36.2 Å². The van der Waals surface area contributed by atoms with Gasteiger partial charge in [0.2, 0.25) is 0 Å². The molecule has 30 heavy (non-hydrogen) atoms. The minimum absolute atomic E-state index is 0.342. The molecule has 0 unspecified atom stereocenters. The average Bonchev–Trinajstić information content (AvgIpc) is 2.75. The van der Waals surface area contributed by atoms with Crippen LogP contribution in [-0.4, -0.2) is 27.6 Å². The van der Waals surface area contributed by atoms with Gasteiger partial charge in [-0.15, -0.1) is 0 Å². The van der Waals surface area contributed by atoms with Crippen molar-refractivity contribution in [2.24, 2.45) is 0 Å². The van der Waals surface area contributed by atoms with Crippen molar-refractivity contribution in [1.82, 2.24) is 9.88 Å². The Balaban J connectivity index is 1.74. The number of nitrogens with zero attached hydrogens (tertiary/aromatic N) is 2. The molecule has 0 bridgehead atoms. The van der Waals surface area contributed by atoms with Gasteiger partial charge in [0.1, 0.15) is 0 Å². The number of carbonyl (C=O) groups is 1. The van der Waals surface area contributed by atoms with Crippen LogP contribution in [0.5, 0.6) is 0 Å². The van der Waals surface area contributed by atoms with E-state index in [1.165, 1.54) is 0 Å². The van der Waals surface area contributed by atoms with Crippen LogP contribution >= 0.6 is 23.8 Å². The molecule has 0 saturated carbocycles. The molecule has 0 radical (unpaired) electrons. The second-order valence-corrected chi connectivity index (χ2v) is 7.40. The zero-order valence-electron chi connectivity index (χ0n) is 16.5. The van der Waals surface area contributed by atoms with Gasteiger partial charge in [-0.1, -0.05) is 29.8 Å². The molecule has 5 nitrogen and oxygen atoms in total. The van der Waals surface area contributed by atoms with Crippen molar-refractivity contribution in [2.45, 2.75) is 20.0 Å². The summed E-state index contributed by atoms with van der Waals surface area (Å²) in [5, 5.41) is 4.49. The Morgan fingerprint density at radius 1 is 1.10 bits per heavy atom. The molecule has 0 saturated heterocycles. The molecule has 0 spiro atoms. The van der Waals surface area contributed by atoms with E-state index in [-0.39, 0.29) is 5.97 Å². The lowest BCUT2D eigenvalue weighted by Crippen LogP contribution is -2.33. The lowest BCUT2D eigenvalue weighted by Gasteiger charge is -2.26. The number of esters is 1. The molecule has 0 atom stereocenters. The molecule has 3 aromatic rings. The first-order chi connectivity index (χ1) is 14.5. The minimum atomic E-state index is -0.342. The fourth-order valence-electron chi connectivity index (χ4n) is 2.87. The normalized spacial score (nSPS) is 10.3. The highest BCUT2D eigenvalue weighted by atomic mass is 35.5. The van der Waals surface area contributed by atoms with Crippen LogP contribution in [0.2, 0.25) is 5.02 Å². The number of hydrogen-bond acceptors (Lipinski definition) is 4. The number of nitrogens with one attached hydrogen (secondary N) is 1. The second kappa shape index (κ2) is 10.7. The molecule has 1 N–H and O–H groups in total. The fraction of sp³-hybridized carbons (Fsp3) is 0.174. The van der Waals surface area contributed by atoms with E-state index in [0.29, 0.717) is 35.4 Å². The first-order valence-electron chi connectivity index (χ1n) is 9.51. The van der Waals surface area contributed by atoms with Gasteiger partial charge in [-0.3, -0.25) is 4.98 Å². The summed E-state index contributed by atoms with van der Waals surface area (Å²) in [4.78, 5) is 18.1. The highest BCUT2D eigenvalue weighted by Crippen LogP contribution is 2.17. The van der Waals surface area contributed by atoms with E-state index < -0.39 is 0 Å². The Labute approximate surface area is 186 Å². The number of pyridine rings is 1. The maximum Gasteiger partial charge on any atom is 0.338 e. The molecule has 2 aromatic carbocycles. The van der Waals surface area contributed by atoms with Crippen LogP contribution < -0.4 is 5.32 Å². The van der Waals surface area contributed by atoms with Crippen LogP contribution in [0.1, 0.15) is 28.4 Å². The van der Waals surface area contributed by atoms with Gasteiger partial charge >= 0.3 is 5.97 Å². The summed E-state index contributed by atoms with van der Waals surface area (Å²) in [6.07, 6.45) is 3.56. The third-order valence-corrected chi connectivity index (χ3v) is 4.89. The topological polar surface area (TPSA) is 54.5 Å². The number of ether oxygens (including phenoxy) is 1. The van der Waals surface area contributed by atoms with E-state index in [1.54, 1.807) is 37.4 Å². The number of rotatable bonds is 7. The second-order valence-electron chi connectivity index (χ2n) is 6.58. The first-order valence-corrected chi connectivity index (χ1v) is 10.3. The Bertz CT molecular complexity index is 997. The van der Waals surface area contributed by atoms with Crippen molar-refractivity contribution in [3.05, 3.63) is 94.8 Å². The van der Waals surface area contributed by atoms with E-state index >= 15 is 0 Å². The molecule has 0 fully saturated rings. The predicted molar refractivity (Wildman–Crippen MR) is 124 cm³/mol. The first kappa shape index (κ1) is 21.7. The lowest BCUT2D eigenvalue weighted by atomic mass is 10.2. The van der Waals surface area contributed by atoms with Crippen molar-refractivity contribution in [1.29, 1.82) is 0 Å². The number of thiocarbonyl (C=S) groups is 1. The van der Waals surface area contributed by atoms with Crippen molar-refractivity contribution in [3.8, 4) is 0 Å². The highest BCUT2D eigenvalue weighted by molar-refractivity contribution is 7.80. The van der Waals surface area contributed by atoms with Crippen LogP contribution in [0.3, 0.4) is 0 Å². The van der Waals surface area contributed by atoms with E-state index in [9.17, 15) is 4.79 Å². The van der Waals surface area contributed by atoms with E-state index in [0.717, 1.165) is 16.8 Å². The average molecular weight is 440 g/mol. The zero-order chi connectivity index (χ0) is 21.3. The monoisotopic (exact) mass is 439 g/mol. The molecule has 0 aliphatic heterocycles. The minimum Gasteiger partial charge on any atom is -0.462 e. The van der Waals surface area contributed by atoms with Crippen molar-refractivity contribution < 1.29 is 9.53 Å². The number of halogens is 1. The van der Waals surface area contributed by atoms with Gasteiger partial charge in [-0.2, -0.15) is 0 Å². The number of aromatic nitrogens is 1. The molecule has 3 rings (SSSR count). The third kappa shape index (κ3) is 6.27. The van der Waals surface area contributed by atoms with Gasteiger partial charge in [0.05, 0.1) is 12.2 Å². The van der Waals surface area contributed by atoms with Gasteiger partial charge in [-0.05, 0) is 72.7 Å². The van der Waals surface area contributed by atoms with E-state index in [1.807, 2.05) is 47.5 Å². The van der Waals surface area contributed by atoms with Crippen LogP contribution in [0.25, 0.3) is 0 Å². The summed E-state index contributed by atoms with van der Waals surface area (Å²) in [7, 11) is 0. The van der Waals surface area contributed by atoms with Crippen molar-refractivity contribution in [2.75, 3.05) is 11.9 Å². The molecular formula is C23H22ClN3O2S. The summed E-state index contributed by atoms with van der Waals surface area (Å²) >= 11 is 11.8. The van der Waals surface area contributed by atoms with Gasteiger partial charge < -0.3 is 15.0 Å². The molecule has 154 valence electrons. The number of anilines is 1. The zero-order valence-corrected chi connectivity index (χ0v) is 18.1. The summed E-state index contributed by atoms with van der Waals surface area (Å²) in [6.45, 7) is 3.30.